The molecular formula is C21H20FN3O. The molecule has 0 bridgehead atoms. The van der Waals surface area contributed by atoms with Crippen molar-refractivity contribution in [2.24, 2.45) is 0 Å². The minimum absolute atomic E-state index is 0.264. The highest BCUT2D eigenvalue weighted by atomic mass is 19.1. The summed E-state index contributed by atoms with van der Waals surface area (Å²) in [6.45, 7) is 4.16. The van der Waals surface area contributed by atoms with Gasteiger partial charge in [-0.3, -0.25) is 4.79 Å². The molecule has 0 aliphatic rings. The lowest BCUT2D eigenvalue weighted by molar-refractivity contribution is 0.102. The summed E-state index contributed by atoms with van der Waals surface area (Å²) in [6, 6.07) is 15.3. The fraction of sp³-hybridized carbons (Fsp3) is 0.143. The minimum atomic E-state index is -0.444. The molecule has 1 aromatic heterocycles. The Labute approximate surface area is 152 Å². The predicted molar refractivity (Wildman–Crippen MR) is 102 cm³/mol. The molecule has 0 aliphatic carbocycles. The Morgan fingerprint density at radius 3 is 2.62 bits per heavy atom. The molecule has 5 heteroatoms. The summed E-state index contributed by atoms with van der Waals surface area (Å²) in [5.74, 6) is -0.128. The topological polar surface area (TPSA) is 54.0 Å². The predicted octanol–water partition coefficient (Wildman–Crippen LogP) is 5.09. The van der Waals surface area contributed by atoms with Crippen LogP contribution in [0.4, 0.5) is 21.6 Å². The number of aryl methyl sites for hydroxylation is 2. The molecule has 132 valence electrons. The molecule has 2 N–H and O–H groups in total. The number of benzene rings is 2. The highest BCUT2D eigenvalue weighted by Gasteiger charge is 2.08. The molecular weight excluding hydrogens is 329 g/mol. The average Bonchev–Trinajstić information content (AvgIpc) is 2.65. The van der Waals surface area contributed by atoms with Gasteiger partial charge in [-0.05, 0) is 54.8 Å². The van der Waals surface area contributed by atoms with Gasteiger partial charge in [0.25, 0.3) is 5.91 Å². The molecule has 26 heavy (non-hydrogen) atoms. The van der Waals surface area contributed by atoms with Crippen LogP contribution in [0.5, 0.6) is 0 Å². The van der Waals surface area contributed by atoms with Gasteiger partial charge < -0.3 is 10.6 Å². The van der Waals surface area contributed by atoms with Crippen molar-refractivity contribution in [3.05, 3.63) is 83.3 Å². The van der Waals surface area contributed by atoms with E-state index in [0.29, 0.717) is 11.5 Å². The maximum atomic E-state index is 13.2. The standard InChI is InChI=1S/C21H20FN3O/c1-3-15-7-4-6-14(2)20(15)25-19-11-10-18(13-23-19)24-21(26)16-8-5-9-17(22)12-16/h4-13H,3H2,1-2H3,(H,23,25)(H,24,26). The lowest BCUT2D eigenvalue weighted by atomic mass is 10.1. The molecule has 1 heterocycles. The van der Waals surface area contributed by atoms with Gasteiger partial charge in [0, 0.05) is 11.3 Å². The smallest absolute Gasteiger partial charge is 0.255 e. The second-order valence-electron chi connectivity index (χ2n) is 5.98. The number of halogens is 1. The van der Waals surface area contributed by atoms with Crippen LogP contribution in [0.15, 0.2) is 60.8 Å². The Morgan fingerprint density at radius 2 is 1.92 bits per heavy atom. The van der Waals surface area contributed by atoms with Crippen molar-refractivity contribution in [1.82, 2.24) is 4.98 Å². The van der Waals surface area contributed by atoms with Gasteiger partial charge in [0.2, 0.25) is 0 Å². The molecule has 0 spiro atoms. The molecule has 0 fully saturated rings. The number of hydrogen-bond acceptors (Lipinski definition) is 3. The molecule has 0 saturated heterocycles. The van der Waals surface area contributed by atoms with E-state index < -0.39 is 5.82 Å². The van der Waals surface area contributed by atoms with Crippen molar-refractivity contribution in [3.63, 3.8) is 0 Å². The number of carbonyl (C=O) groups is 1. The minimum Gasteiger partial charge on any atom is -0.340 e. The van der Waals surface area contributed by atoms with E-state index in [4.69, 9.17) is 0 Å². The zero-order chi connectivity index (χ0) is 18.5. The van der Waals surface area contributed by atoms with Gasteiger partial charge >= 0.3 is 0 Å². The number of para-hydroxylation sites is 1. The van der Waals surface area contributed by atoms with Gasteiger partial charge in [-0.25, -0.2) is 9.37 Å². The third kappa shape index (κ3) is 4.06. The van der Waals surface area contributed by atoms with Crippen LogP contribution in [0.3, 0.4) is 0 Å². The molecule has 0 radical (unpaired) electrons. The summed E-state index contributed by atoms with van der Waals surface area (Å²) in [5.41, 5.74) is 4.23. The van der Waals surface area contributed by atoms with Gasteiger partial charge in [0.15, 0.2) is 0 Å². The lowest BCUT2D eigenvalue weighted by Gasteiger charge is -2.13. The summed E-state index contributed by atoms with van der Waals surface area (Å²) in [4.78, 5) is 16.5. The third-order valence-corrected chi connectivity index (χ3v) is 4.10. The zero-order valence-electron chi connectivity index (χ0n) is 14.7. The van der Waals surface area contributed by atoms with Crippen LogP contribution in [0.25, 0.3) is 0 Å². The second-order valence-corrected chi connectivity index (χ2v) is 5.98. The van der Waals surface area contributed by atoms with Crippen LogP contribution in [-0.4, -0.2) is 10.9 Å². The van der Waals surface area contributed by atoms with Gasteiger partial charge in [0.05, 0.1) is 11.9 Å². The number of nitrogens with zero attached hydrogens (tertiary/aromatic N) is 1. The van der Waals surface area contributed by atoms with Crippen LogP contribution >= 0.6 is 0 Å². The van der Waals surface area contributed by atoms with E-state index in [9.17, 15) is 9.18 Å². The van der Waals surface area contributed by atoms with E-state index in [0.717, 1.165) is 17.7 Å². The monoisotopic (exact) mass is 349 g/mol. The zero-order valence-corrected chi connectivity index (χ0v) is 14.7. The number of rotatable bonds is 5. The van der Waals surface area contributed by atoms with Crippen molar-refractivity contribution in [1.29, 1.82) is 0 Å². The van der Waals surface area contributed by atoms with Gasteiger partial charge in [-0.2, -0.15) is 0 Å². The summed E-state index contributed by atoms with van der Waals surface area (Å²) in [5, 5.41) is 6.05. The van der Waals surface area contributed by atoms with Crippen molar-refractivity contribution in [2.75, 3.05) is 10.6 Å². The molecule has 3 rings (SSSR count). The average molecular weight is 349 g/mol. The normalized spacial score (nSPS) is 10.4. The summed E-state index contributed by atoms with van der Waals surface area (Å²) < 4.78 is 13.2. The maximum absolute atomic E-state index is 13.2. The Bertz CT molecular complexity index is 923. The fourth-order valence-electron chi connectivity index (χ4n) is 2.70. The van der Waals surface area contributed by atoms with E-state index in [-0.39, 0.29) is 11.5 Å². The highest BCUT2D eigenvalue weighted by molar-refractivity contribution is 6.04. The second kappa shape index (κ2) is 7.78. The van der Waals surface area contributed by atoms with E-state index in [1.165, 1.54) is 23.8 Å². The van der Waals surface area contributed by atoms with E-state index in [1.807, 2.05) is 6.07 Å². The van der Waals surface area contributed by atoms with Crippen LogP contribution in [0, 0.1) is 12.7 Å². The van der Waals surface area contributed by atoms with Crippen molar-refractivity contribution in [2.45, 2.75) is 20.3 Å². The van der Waals surface area contributed by atoms with E-state index in [1.54, 1.807) is 24.4 Å². The molecule has 1 amide bonds. The Hall–Kier alpha value is -3.21. The van der Waals surface area contributed by atoms with Crippen molar-refractivity contribution < 1.29 is 9.18 Å². The number of carbonyl (C=O) groups excluding carboxylic acids is 1. The largest absolute Gasteiger partial charge is 0.340 e. The number of aromatic nitrogens is 1. The first-order valence-corrected chi connectivity index (χ1v) is 8.45. The third-order valence-electron chi connectivity index (χ3n) is 4.10. The molecule has 4 nitrogen and oxygen atoms in total. The van der Waals surface area contributed by atoms with Gasteiger partial charge in [-0.15, -0.1) is 0 Å². The van der Waals surface area contributed by atoms with Crippen LogP contribution in [0.1, 0.15) is 28.4 Å². The van der Waals surface area contributed by atoms with E-state index in [2.05, 4.69) is 41.6 Å². The van der Waals surface area contributed by atoms with Gasteiger partial charge in [-0.1, -0.05) is 31.2 Å². The number of nitrogens with one attached hydrogen (secondary N) is 2. The quantitative estimate of drug-likeness (QED) is 0.675. The summed E-state index contributed by atoms with van der Waals surface area (Å²) >= 11 is 0. The number of anilines is 3. The summed E-state index contributed by atoms with van der Waals surface area (Å²) in [6.07, 6.45) is 2.50. The Kier molecular flexibility index (Phi) is 5.27. The number of pyridine rings is 1. The highest BCUT2D eigenvalue weighted by Crippen LogP contribution is 2.25. The Balaban J connectivity index is 1.72. The molecule has 2 aromatic carbocycles. The fourth-order valence-corrected chi connectivity index (χ4v) is 2.70. The van der Waals surface area contributed by atoms with Crippen LogP contribution in [0.2, 0.25) is 0 Å². The van der Waals surface area contributed by atoms with Crippen LogP contribution < -0.4 is 10.6 Å². The molecule has 0 aliphatic heterocycles. The first-order valence-electron chi connectivity index (χ1n) is 8.45. The summed E-state index contributed by atoms with van der Waals surface area (Å²) in [7, 11) is 0. The molecule has 0 saturated carbocycles. The SMILES string of the molecule is CCc1cccc(C)c1Nc1ccc(NC(=O)c2cccc(F)c2)cn1. The maximum Gasteiger partial charge on any atom is 0.255 e. The lowest BCUT2D eigenvalue weighted by Crippen LogP contribution is -2.12. The molecule has 0 unspecified atom stereocenters. The molecule has 0 atom stereocenters. The molecule has 3 aromatic rings. The van der Waals surface area contributed by atoms with Gasteiger partial charge in [0.1, 0.15) is 11.6 Å². The van der Waals surface area contributed by atoms with Crippen LogP contribution in [-0.2, 0) is 6.42 Å². The Morgan fingerprint density at radius 1 is 1.12 bits per heavy atom. The van der Waals surface area contributed by atoms with Crippen molar-refractivity contribution in [3.8, 4) is 0 Å². The first kappa shape index (κ1) is 17.6. The first-order chi connectivity index (χ1) is 12.6. The van der Waals surface area contributed by atoms with E-state index >= 15 is 0 Å². The van der Waals surface area contributed by atoms with Crippen molar-refractivity contribution >= 4 is 23.1 Å². The number of amides is 1. The number of hydrogen-bond donors (Lipinski definition) is 2.